The molecule has 0 aliphatic carbocycles. The van der Waals surface area contributed by atoms with Crippen LogP contribution in [0, 0.1) is 11.8 Å². The number of rotatable bonds is 2. The zero-order valence-corrected chi connectivity index (χ0v) is 10.6. The molecule has 2 N–H and O–H groups in total. The zero-order chi connectivity index (χ0) is 13.1. The monoisotopic (exact) mass is 249 g/mol. The maximum absolute atomic E-state index is 5.79. The second-order valence-corrected chi connectivity index (χ2v) is 4.50. The Bertz CT molecular complexity index is 774. The van der Waals surface area contributed by atoms with Gasteiger partial charge in [-0.2, -0.15) is 0 Å². The van der Waals surface area contributed by atoms with Crippen molar-refractivity contribution in [2.45, 2.75) is 12.8 Å². The first kappa shape index (κ1) is 11.8. The van der Waals surface area contributed by atoms with Crippen molar-refractivity contribution in [3.8, 4) is 11.8 Å². The van der Waals surface area contributed by atoms with Gasteiger partial charge >= 0.3 is 0 Å². The Kier molecular flexibility index (Phi) is 3.22. The maximum Gasteiger partial charge on any atom is 0.135 e. The number of furan rings is 1. The molecule has 0 radical (unpaired) electrons. The molecule has 2 nitrogen and oxygen atoms in total. The number of hydrogen-bond acceptors (Lipinski definition) is 2. The van der Waals surface area contributed by atoms with Crippen LogP contribution in [-0.2, 0) is 0 Å². The standard InChI is InChI=1S/C17H15NO/c18-11-5-1-2-6-13-9-10-17-15(12-13)14-7-3-4-8-16(14)19-17/h3-4,7-10,12H,1,5,11,18H2. The average molecular weight is 249 g/mol. The second kappa shape index (κ2) is 5.17. The van der Waals surface area contributed by atoms with E-state index in [9.17, 15) is 0 Å². The molecule has 0 fully saturated rings. The highest BCUT2D eigenvalue weighted by molar-refractivity contribution is 6.05. The Morgan fingerprint density at radius 3 is 2.74 bits per heavy atom. The summed E-state index contributed by atoms with van der Waals surface area (Å²) in [6, 6.07) is 14.2. The molecule has 0 aliphatic rings. The van der Waals surface area contributed by atoms with Gasteiger partial charge in [0.2, 0.25) is 0 Å². The first-order valence-electron chi connectivity index (χ1n) is 6.49. The summed E-state index contributed by atoms with van der Waals surface area (Å²) in [5.74, 6) is 6.33. The summed E-state index contributed by atoms with van der Waals surface area (Å²) in [5, 5.41) is 2.27. The van der Waals surface area contributed by atoms with Crippen LogP contribution >= 0.6 is 0 Å². The lowest BCUT2D eigenvalue weighted by Gasteiger charge is -1.92. The summed E-state index contributed by atoms with van der Waals surface area (Å²) >= 11 is 0. The Morgan fingerprint density at radius 1 is 1.00 bits per heavy atom. The topological polar surface area (TPSA) is 39.2 Å². The summed E-state index contributed by atoms with van der Waals surface area (Å²) in [6.07, 6.45) is 1.80. The van der Waals surface area contributed by atoms with Crippen LogP contribution in [0.1, 0.15) is 18.4 Å². The highest BCUT2D eigenvalue weighted by atomic mass is 16.3. The molecule has 0 atom stereocenters. The van der Waals surface area contributed by atoms with E-state index in [1.165, 1.54) is 0 Å². The molecule has 19 heavy (non-hydrogen) atoms. The van der Waals surface area contributed by atoms with E-state index in [0.717, 1.165) is 40.3 Å². The van der Waals surface area contributed by atoms with E-state index in [2.05, 4.69) is 24.0 Å². The number of fused-ring (bicyclic) bond motifs is 3. The highest BCUT2D eigenvalue weighted by Gasteiger charge is 2.05. The molecule has 1 aromatic heterocycles. The smallest absolute Gasteiger partial charge is 0.135 e. The van der Waals surface area contributed by atoms with Crippen LogP contribution in [0.5, 0.6) is 0 Å². The van der Waals surface area contributed by atoms with Crippen molar-refractivity contribution in [1.29, 1.82) is 0 Å². The van der Waals surface area contributed by atoms with E-state index in [4.69, 9.17) is 10.2 Å². The summed E-state index contributed by atoms with van der Waals surface area (Å²) in [5.41, 5.74) is 8.31. The largest absolute Gasteiger partial charge is 0.456 e. The SMILES string of the molecule is NCCCC#Cc1ccc2oc3ccccc3c2c1. The number of benzene rings is 2. The molecule has 0 bridgehead atoms. The van der Waals surface area contributed by atoms with Gasteiger partial charge in [0.05, 0.1) is 0 Å². The molecular weight excluding hydrogens is 234 g/mol. The molecule has 3 aromatic rings. The van der Waals surface area contributed by atoms with Crippen LogP contribution in [-0.4, -0.2) is 6.54 Å². The van der Waals surface area contributed by atoms with Gasteiger partial charge in [-0.3, -0.25) is 0 Å². The molecule has 2 heteroatoms. The van der Waals surface area contributed by atoms with Crippen LogP contribution in [0.25, 0.3) is 21.9 Å². The Morgan fingerprint density at radius 2 is 1.84 bits per heavy atom. The van der Waals surface area contributed by atoms with Crippen molar-refractivity contribution in [2.75, 3.05) is 6.54 Å². The predicted molar refractivity (Wildman–Crippen MR) is 78.9 cm³/mol. The Labute approximate surface area is 112 Å². The van der Waals surface area contributed by atoms with E-state index in [-0.39, 0.29) is 0 Å². The lowest BCUT2D eigenvalue weighted by Crippen LogP contribution is -1.96. The number of unbranched alkanes of at least 4 members (excludes halogenated alkanes) is 1. The van der Waals surface area contributed by atoms with Crippen LogP contribution in [0.3, 0.4) is 0 Å². The third-order valence-electron chi connectivity index (χ3n) is 3.12. The molecule has 0 spiro atoms. The predicted octanol–water partition coefficient (Wildman–Crippen LogP) is 3.68. The highest BCUT2D eigenvalue weighted by Crippen LogP contribution is 2.28. The van der Waals surface area contributed by atoms with Crippen LogP contribution in [0.2, 0.25) is 0 Å². The van der Waals surface area contributed by atoms with E-state index >= 15 is 0 Å². The number of hydrogen-bond donors (Lipinski definition) is 1. The normalized spacial score (nSPS) is 10.6. The zero-order valence-electron chi connectivity index (χ0n) is 10.6. The van der Waals surface area contributed by atoms with Gasteiger partial charge in [0.15, 0.2) is 0 Å². The van der Waals surface area contributed by atoms with Gasteiger partial charge in [-0.1, -0.05) is 30.0 Å². The summed E-state index contributed by atoms with van der Waals surface area (Å²) in [7, 11) is 0. The first-order valence-corrected chi connectivity index (χ1v) is 6.49. The molecule has 94 valence electrons. The van der Waals surface area contributed by atoms with Crippen molar-refractivity contribution < 1.29 is 4.42 Å². The molecular formula is C17H15NO. The second-order valence-electron chi connectivity index (χ2n) is 4.50. The summed E-state index contributed by atoms with van der Waals surface area (Å²) in [6.45, 7) is 0.695. The minimum Gasteiger partial charge on any atom is -0.456 e. The Balaban J connectivity index is 2.03. The molecule has 1 heterocycles. The third kappa shape index (κ3) is 2.33. The molecule has 0 saturated carbocycles. The maximum atomic E-state index is 5.79. The van der Waals surface area contributed by atoms with Crippen molar-refractivity contribution in [1.82, 2.24) is 0 Å². The van der Waals surface area contributed by atoms with Gasteiger partial charge in [-0.05, 0) is 37.2 Å². The molecule has 0 saturated heterocycles. The van der Waals surface area contributed by atoms with Crippen molar-refractivity contribution in [3.05, 3.63) is 48.0 Å². The minimum atomic E-state index is 0.695. The van der Waals surface area contributed by atoms with Crippen molar-refractivity contribution >= 4 is 21.9 Å². The molecule has 0 amide bonds. The van der Waals surface area contributed by atoms with Gasteiger partial charge in [0, 0.05) is 22.8 Å². The Hall–Kier alpha value is -2.24. The van der Waals surface area contributed by atoms with Crippen LogP contribution in [0.4, 0.5) is 0 Å². The third-order valence-corrected chi connectivity index (χ3v) is 3.12. The average Bonchev–Trinajstić information content (AvgIpc) is 2.82. The van der Waals surface area contributed by atoms with E-state index in [1.807, 2.05) is 30.3 Å². The van der Waals surface area contributed by atoms with Gasteiger partial charge in [0.1, 0.15) is 11.2 Å². The van der Waals surface area contributed by atoms with E-state index < -0.39 is 0 Å². The fraction of sp³-hybridized carbons (Fsp3) is 0.176. The van der Waals surface area contributed by atoms with Crippen molar-refractivity contribution in [3.63, 3.8) is 0 Å². The summed E-state index contributed by atoms with van der Waals surface area (Å²) in [4.78, 5) is 0. The first-order chi connectivity index (χ1) is 9.38. The minimum absolute atomic E-state index is 0.695. The van der Waals surface area contributed by atoms with Gasteiger partial charge < -0.3 is 10.2 Å². The molecule has 2 aromatic carbocycles. The van der Waals surface area contributed by atoms with Crippen molar-refractivity contribution in [2.24, 2.45) is 5.73 Å². The fourth-order valence-corrected chi connectivity index (χ4v) is 2.16. The van der Waals surface area contributed by atoms with E-state index in [1.54, 1.807) is 0 Å². The van der Waals surface area contributed by atoms with Crippen LogP contribution < -0.4 is 5.73 Å². The number of nitrogens with two attached hydrogens (primary N) is 1. The molecule has 0 unspecified atom stereocenters. The quantitative estimate of drug-likeness (QED) is 0.556. The van der Waals surface area contributed by atoms with Gasteiger partial charge in [-0.25, -0.2) is 0 Å². The van der Waals surface area contributed by atoms with E-state index in [0.29, 0.717) is 6.54 Å². The van der Waals surface area contributed by atoms with Gasteiger partial charge in [-0.15, -0.1) is 0 Å². The molecule has 0 aliphatic heterocycles. The summed E-state index contributed by atoms with van der Waals surface area (Å²) < 4.78 is 5.79. The fourth-order valence-electron chi connectivity index (χ4n) is 2.16. The number of para-hydroxylation sites is 1. The lowest BCUT2D eigenvalue weighted by atomic mass is 10.1. The van der Waals surface area contributed by atoms with Crippen LogP contribution in [0.15, 0.2) is 46.9 Å². The molecule has 3 rings (SSSR count). The van der Waals surface area contributed by atoms with Gasteiger partial charge in [0.25, 0.3) is 0 Å². The lowest BCUT2D eigenvalue weighted by molar-refractivity contribution is 0.669.